The van der Waals surface area contributed by atoms with E-state index in [4.69, 9.17) is 23.2 Å². The highest BCUT2D eigenvalue weighted by Crippen LogP contribution is 2.28. The van der Waals surface area contributed by atoms with E-state index in [9.17, 15) is 4.79 Å². The minimum atomic E-state index is -0.183. The minimum Gasteiger partial charge on any atom is -0.324 e. The molecule has 3 rings (SSSR count). The quantitative estimate of drug-likeness (QED) is 0.537. The predicted molar refractivity (Wildman–Crippen MR) is 110 cm³/mol. The first-order chi connectivity index (χ1) is 12.5. The summed E-state index contributed by atoms with van der Waals surface area (Å²) in [7, 11) is 0. The van der Waals surface area contributed by atoms with Crippen molar-refractivity contribution < 1.29 is 4.79 Å². The molecule has 0 unspecified atom stereocenters. The van der Waals surface area contributed by atoms with Gasteiger partial charge in [0.1, 0.15) is 0 Å². The third-order valence-electron chi connectivity index (χ3n) is 3.56. The first-order valence-electron chi connectivity index (χ1n) is 7.84. The standard InChI is InChI=1S/C17H16Cl2N4OS2/c1-3-23-16(11-6-10(2)25-8-11)21-22-17(23)26-9-15(24)20-14-7-12(18)4-5-13(14)19/h4-8H,3,9H2,1-2H3,(H,20,24). The van der Waals surface area contributed by atoms with Gasteiger partial charge in [0.15, 0.2) is 11.0 Å². The van der Waals surface area contributed by atoms with Gasteiger partial charge in [-0.2, -0.15) is 0 Å². The number of aromatic nitrogens is 3. The monoisotopic (exact) mass is 426 g/mol. The molecule has 0 saturated carbocycles. The van der Waals surface area contributed by atoms with Gasteiger partial charge in [-0.1, -0.05) is 35.0 Å². The van der Waals surface area contributed by atoms with E-state index in [2.05, 4.69) is 33.9 Å². The number of hydrogen-bond acceptors (Lipinski definition) is 5. The summed E-state index contributed by atoms with van der Waals surface area (Å²) in [5, 5.41) is 15.0. The lowest BCUT2D eigenvalue weighted by molar-refractivity contribution is -0.113. The number of nitrogens with one attached hydrogen (secondary N) is 1. The number of thioether (sulfide) groups is 1. The molecule has 0 spiro atoms. The van der Waals surface area contributed by atoms with E-state index in [0.717, 1.165) is 17.9 Å². The van der Waals surface area contributed by atoms with Crippen LogP contribution in [-0.2, 0) is 11.3 Å². The molecular weight excluding hydrogens is 411 g/mol. The summed E-state index contributed by atoms with van der Waals surface area (Å²) in [6.07, 6.45) is 0. The Kier molecular flexibility index (Phi) is 6.24. The van der Waals surface area contributed by atoms with Crippen LogP contribution in [0.25, 0.3) is 11.4 Å². The number of carbonyl (C=O) groups excluding carboxylic acids is 1. The number of anilines is 1. The smallest absolute Gasteiger partial charge is 0.234 e. The molecule has 0 atom stereocenters. The average Bonchev–Trinajstić information content (AvgIpc) is 3.21. The molecule has 0 fully saturated rings. The number of benzene rings is 1. The van der Waals surface area contributed by atoms with Crippen LogP contribution in [0.15, 0.2) is 34.8 Å². The molecule has 9 heteroatoms. The number of hydrogen-bond donors (Lipinski definition) is 1. The predicted octanol–water partition coefficient (Wildman–Crippen LogP) is 5.37. The Morgan fingerprint density at radius 3 is 2.81 bits per heavy atom. The first-order valence-corrected chi connectivity index (χ1v) is 10.5. The summed E-state index contributed by atoms with van der Waals surface area (Å²) in [4.78, 5) is 13.5. The van der Waals surface area contributed by atoms with Crippen LogP contribution in [0.1, 0.15) is 11.8 Å². The molecule has 136 valence electrons. The molecule has 2 heterocycles. The highest BCUT2D eigenvalue weighted by Gasteiger charge is 2.16. The molecule has 5 nitrogen and oxygen atoms in total. The molecule has 0 saturated heterocycles. The first kappa shape index (κ1) is 19.2. The van der Waals surface area contributed by atoms with E-state index < -0.39 is 0 Å². The number of nitrogens with zero attached hydrogens (tertiary/aromatic N) is 3. The highest BCUT2D eigenvalue weighted by molar-refractivity contribution is 7.99. The zero-order chi connectivity index (χ0) is 18.7. The fourth-order valence-electron chi connectivity index (χ4n) is 2.36. The molecule has 1 N–H and O–H groups in total. The molecule has 0 bridgehead atoms. The molecule has 0 aliphatic rings. The summed E-state index contributed by atoms with van der Waals surface area (Å²) in [6, 6.07) is 7.03. The Balaban J connectivity index is 1.69. The summed E-state index contributed by atoms with van der Waals surface area (Å²) in [5.41, 5.74) is 1.54. The maximum absolute atomic E-state index is 12.2. The fourth-order valence-corrected chi connectivity index (χ4v) is 4.19. The van der Waals surface area contributed by atoms with Gasteiger partial charge in [0.05, 0.1) is 16.5 Å². The Hall–Kier alpha value is -1.54. The van der Waals surface area contributed by atoms with Crippen LogP contribution < -0.4 is 5.32 Å². The molecule has 0 aliphatic heterocycles. The summed E-state index contributed by atoms with van der Waals surface area (Å²) in [5.74, 6) is 0.833. The molecule has 1 amide bonds. The summed E-state index contributed by atoms with van der Waals surface area (Å²) in [6.45, 7) is 4.81. The van der Waals surface area contributed by atoms with Crippen LogP contribution in [0.4, 0.5) is 5.69 Å². The van der Waals surface area contributed by atoms with Gasteiger partial charge >= 0.3 is 0 Å². The third kappa shape index (κ3) is 4.40. The van der Waals surface area contributed by atoms with E-state index in [1.165, 1.54) is 16.6 Å². The lowest BCUT2D eigenvalue weighted by Crippen LogP contribution is -2.15. The van der Waals surface area contributed by atoms with Crippen molar-refractivity contribution in [3.05, 3.63) is 44.6 Å². The van der Waals surface area contributed by atoms with Crippen molar-refractivity contribution >= 4 is 57.9 Å². The number of aryl methyl sites for hydroxylation is 1. The third-order valence-corrected chi connectivity index (χ3v) is 5.95. The molecule has 0 radical (unpaired) electrons. The van der Waals surface area contributed by atoms with E-state index >= 15 is 0 Å². The molecular formula is C17H16Cl2N4OS2. The van der Waals surface area contributed by atoms with Crippen molar-refractivity contribution in [2.24, 2.45) is 0 Å². The summed E-state index contributed by atoms with van der Waals surface area (Å²) >= 11 is 15.0. The highest BCUT2D eigenvalue weighted by atomic mass is 35.5. The van der Waals surface area contributed by atoms with E-state index in [0.29, 0.717) is 20.9 Å². The van der Waals surface area contributed by atoms with Gasteiger partial charge in [0, 0.05) is 27.4 Å². The largest absolute Gasteiger partial charge is 0.324 e. The minimum absolute atomic E-state index is 0.183. The SMILES string of the molecule is CCn1c(SCC(=O)Nc2cc(Cl)ccc2Cl)nnc1-c1csc(C)c1. The van der Waals surface area contributed by atoms with Gasteiger partial charge in [-0.25, -0.2) is 0 Å². The summed E-state index contributed by atoms with van der Waals surface area (Å²) < 4.78 is 2.01. The van der Waals surface area contributed by atoms with Gasteiger partial charge in [0.2, 0.25) is 5.91 Å². The van der Waals surface area contributed by atoms with E-state index in [1.54, 1.807) is 29.5 Å². The number of carbonyl (C=O) groups is 1. The molecule has 26 heavy (non-hydrogen) atoms. The Labute approximate surface area is 169 Å². The molecule has 0 aliphatic carbocycles. The van der Waals surface area contributed by atoms with Crippen LogP contribution in [-0.4, -0.2) is 26.4 Å². The van der Waals surface area contributed by atoms with Crippen molar-refractivity contribution in [2.45, 2.75) is 25.5 Å². The van der Waals surface area contributed by atoms with Crippen molar-refractivity contribution in [3.63, 3.8) is 0 Å². The molecule has 2 aromatic heterocycles. The maximum Gasteiger partial charge on any atom is 0.234 e. The topological polar surface area (TPSA) is 59.8 Å². The van der Waals surface area contributed by atoms with Crippen LogP contribution in [0.3, 0.4) is 0 Å². The lowest BCUT2D eigenvalue weighted by atomic mass is 10.3. The van der Waals surface area contributed by atoms with Gasteiger partial charge in [-0.3, -0.25) is 4.79 Å². The van der Waals surface area contributed by atoms with E-state index in [1.807, 2.05) is 11.5 Å². The van der Waals surface area contributed by atoms with Crippen LogP contribution in [0.2, 0.25) is 10.0 Å². The maximum atomic E-state index is 12.2. The second-order valence-electron chi connectivity index (χ2n) is 5.46. The number of rotatable bonds is 6. The van der Waals surface area contributed by atoms with Crippen LogP contribution in [0, 0.1) is 6.92 Å². The van der Waals surface area contributed by atoms with Gasteiger partial charge < -0.3 is 9.88 Å². The second kappa shape index (κ2) is 8.43. The average molecular weight is 427 g/mol. The van der Waals surface area contributed by atoms with Gasteiger partial charge in [-0.15, -0.1) is 21.5 Å². The molecule has 1 aromatic carbocycles. The van der Waals surface area contributed by atoms with Crippen LogP contribution >= 0.6 is 46.3 Å². The lowest BCUT2D eigenvalue weighted by Gasteiger charge is -2.08. The second-order valence-corrected chi connectivity index (χ2v) is 8.36. The van der Waals surface area contributed by atoms with Crippen molar-refractivity contribution in [1.82, 2.24) is 14.8 Å². The Morgan fingerprint density at radius 2 is 2.12 bits per heavy atom. The zero-order valence-corrected chi connectivity index (χ0v) is 17.3. The normalized spacial score (nSPS) is 10.9. The van der Waals surface area contributed by atoms with Gasteiger partial charge in [-0.05, 0) is 38.1 Å². The fraction of sp³-hybridized carbons (Fsp3) is 0.235. The Bertz CT molecular complexity index is 939. The van der Waals surface area contributed by atoms with Crippen molar-refractivity contribution in [2.75, 3.05) is 11.1 Å². The Morgan fingerprint density at radius 1 is 1.31 bits per heavy atom. The van der Waals surface area contributed by atoms with Crippen LogP contribution in [0.5, 0.6) is 0 Å². The van der Waals surface area contributed by atoms with Crippen molar-refractivity contribution in [1.29, 1.82) is 0 Å². The molecule has 3 aromatic rings. The zero-order valence-electron chi connectivity index (χ0n) is 14.1. The van der Waals surface area contributed by atoms with Crippen molar-refractivity contribution in [3.8, 4) is 11.4 Å². The number of thiophene rings is 1. The van der Waals surface area contributed by atoms with E-state index in [-0.39, 0.29) is 11.7 Å². The number of halogens is 2. The number of amides is 1. The van der Waals surface area contributed by atoms with Gasteiger partial charge in [0.25, 0.3) is 0 Å².